The number of hydrogen-bond acceptors (Lipinski definition) is 4. The molecule has 1 aromatic carbocycles. The van der Waals surface area contributed by atoms with Crippen LogP contribution in [0.2, 0.25) is 10.0 Å². The highest BCUT2D eigenvalue weighted by Crippen LogP contribution is 2.22. The molecule has 0 radical (unpaired) electrons. The lowest BCUT2D eigenvalue weighted by atomic mass is 10.2. The van der Waals surface area contributed by atoms with Crippen LogP contribution in [-0.2, 0) is 16.6 Å². The highest BCUT2D eigenvalue weighted by Gasteiger charge is 2.13. The topological polar surface area (TPSA) is 89.3 Å². The molecule has 0 aliphatic carbocycles. The van der Waals surface area contributed by atoms with Crippen LogP contribution in [0.4, 0.5) is 0 Å². The summed E-state index contributed by atoms with van der Waals surface area (Å²) >= 11 is 12.7. The van der Waals surface area contributed by atoms with Crippen LogP contribution in [0.3, 0.4) is 0 Å². The summed E-state index contributed by atoms with van der Waals surface area (Å²) in [7, 11) is -3.71. The number of primary sulfonamides is 1. The predicted octanol–water partition coefficient (Wildman–Crippen LogP) is 2.63. The van der Waals surface area contributed by atoms with Crippen molar-refractivity contribution in [1.82, 2.24) is 5.32 Å². The number of benzene rings is 1. The number of carbonyl (C=O) groups excluding carboxylic acids is 1. The molecule has 1 heterocycles. The van der Waals surface area contributed by atoms with Crippen molar-refractivity contribution in [3.8, 4) is 0 Å². The van der Waals surface area contributed by atoms with Gasteiger partial charge in [-0.25, -0.2) is 13.6 Å². The minimum atomic E-state index is -3.71. The normalized spacial score (nSPS) is 11.4. The van der Waals surface area contributed by atoms with Crippen LogP contribution in [0, 0.1) is 0 Å². The quantitative estimate of drug-likeness (QED) is 0.873. The largest absolute Gasteiger partial charge is 0.347 e. The van der Waals surface area contributed by atoms with Crippen molar-refractivity contribution in [3.63, 3.8) is 0 Å². The summed E-state index contributed by atoms with van der Waals surface area (Å²) < 4.78 is 22.4. The van der Waals surface area contributed by atoms with Gasteiger partial charge in [0.15, 0.2) is 0 Å². The molecule has 5 nitrogen and oxygen atoms in total. The number of halogens is 2. The standard InChI is InChI=1S/C12H10Cl2N2O3S2/c13-7-1-3-9(10(14)5-7)12(17)16-6-8-2-4-11(20-8)21(15,18)19/h1-5H,6H2,(H,16,17)(H2,15,18,19). The van der Waals surface area contributed by atoms with Gasteiger partial charge in [0.25, 0.3) is 5.91 Å². The van der Waals surface area contributed by atoms with Crippen molar-refractivity contribution in [1.29, 1.82) is 0 Å². The first-order valence-electron chi connectivity index (χ1n) is 5.62. The van der Waals surface area contributed by atoms with Gasteiger partial charge in [0.2, 0.25) is 10.0 Å². The lowest BCUT2D eigenvalue weighted by Crippen LogP contribution is -2.22. The summed E-state index contributed by atoms with van der Waals surface area (Å²) in [6, 6.07) is 7.55. The number of thiophene rings is 1. The lowest BCUT2D eigenvalue weighted by Gasteiger charge is -2.05. The summed E-state index contributed by atoms with van der Waals surface area (Å²) in [5.41, 5.74) is 0.296. The van der Waals surface area contributed by atoms with E-state index in [1.807, 2.05) is 0 Å². The van der Waals surface area contributed by atoms with E-state index in [-0.39, 0.29) is 21.7 Å². The Kier molecular flexibility index (Phi) is 4.90. The predicted molar refractivity (Wildman–Crippen MR) is 83.3 cm³/mol. The van der Waals surface area contributed by atoms with E-state index in [0.717, 1.165) is 11.3 Å². The molecule has 21 heavy (non-hydrogen) atoms. The second-order valence-corrected chi connectivity index (χ2v) is 7.87. The zero-order valence-electron chi connectivity index (χ0n) is 10.5. The second-order valence-electron chi connectivity index (χ2n) is 4.07. The SMILES string of the molecule is NS(=O)(=O)c1ccc(CNC(=O)c2ccc(Cl)cc2Cl)s1. The van der Waals surface area contributed by atoms with Crippen molar-refractivity contribution in [3.05, 3.63) is 50.8 Å². The highest BCUT2D eigenvalue weighted by atomic mass is 35.5. The molecule has 3 N–H and O–H groups in total. The molecule has 0 aliphatic heterocycles. The molecule has 0 bridgehead atoms. The van der Waals surface area contributed by atoms with Gasteiger partial charge >= 0.3 is 0 Å². The zero-order valence-corrected chi connectivity index (χ0v) is 13.6. The van der Waals surface area contributed by atoms with Crippen LogP contribution in [0.25, 0.3) is 0 Å². The average molecular weight is 365 g/mol. The van der Waals surface area contributed by atoms with Crippen LogP contribution in [0.1, 0.15) is 15.2 Å². The molecule has 1 amide bonds. The summed E-state index contributed by atoms with van der Waals surface area (Å²) in [5, 5.41) is 8.35. The number of nitrogens with two attached hydrogens (primary N) is 1. The molecule has 9 heteroatoms. The fraction of sp³-hybridized carbons (Fsp3) is 0.0833. The van der Waals surface area contributed by atoms with Gasteiger partial charge < -0.3 is 5.32 Å². The van der Waals surface area contributed by atoms with E-state index >= 15 is 0 Å². The lowest BCUT2D eigenvalue weighted by molar-refractivity contribution is 0.0951. The molecule has 2 rings (SSSR count). The van der Waals surface area contributed by atoms with E-state index in [1.165, 1.54) is 18.2 Å². The van der Waals surface area contributed by atoms with Gasteiger partial charge in [-0.15, -0.1) is 11.3 Å². The Hall–Kier alpha value is -1.12. The third-order valence-corrected chi connectivity index (χ3v) is 5.59. The molecule has 2 aromatic rings. The second kappa shape index (κ2) is 6.33. The Balaban J connectivity index is 2.06. The number of sulfonamides is 1. The van der Waals surface area contributed by atoms with Crippen LogP contribution in [-0.4, -0.2) is 14.3 Å². The van der Waals surface area contributed by atoms with Crippen LogP contribution < -0.4 is 10.5 Å². The molecular formula is C12H10Cl2N2O3S2. The van der Waals surface area contributed by atoms with E-state index in [9.17, 15) is 13.2 Å². The molecule has 1 aromatic heterocycles. The van der Waals surface area contributed by atoms with Crippen LogP contribution in [0.5, 0.6) is 0 Å². The summed E-state index contributed by atoms with van der Waals surface area (Å²) in [4.78, 5) is 12.6. The van der Waals surface area contributed by atoms with Crippen molar-refractivity contribution in [2.45, 2.75) is 10.8 Å². The van der Waals surface area contributed by atoms with Gasteiger partial charge in [0.05, 0.1) is 17.1 Å². The molecule has 112 valence electrons. The maximum absolute atomic E-state index is 12.0. The zero-order chi connectivity index (χ0) is 15.6. The maximum Gasteiger partial charge on any atom is 0.253 e. The Morgan fingerprint density at radius 3 is 2.52 bits per heavy atom. The Morgan fingerprint density at radius 1 is 1.24 bits per heavy atom. The van der Waals surface area contributed by atoms with E-state index in [0.29, 0.717) is 15.5 Å². The summed E-state index contributed by atoms with van der Waals surface area (Å²) in [6.45, 7) is 0.179. The average Bonchev–Trinajstić information content (AvgIpc) is 2.84. The van der Waals surface area contributed by atoms with Crippen molar-refractivity contribution >= 4 is 50.5 Å². The highest BCUT2D eigenvalue weighted by molar-refractivity contribution is 7.91. The van der Waals surface area contributed by atoms with Crippen molar-refractivity contribution < 1.29 is 13.2 Å². The van der Waals surface area contributed by atoms with Gasteiger partial charge in [-0.2, -0.15) is 0 Å². The van der Waals surface area contributed by atoms with E-state index in [4.69, 9.17) is 28.3 Å². The summed E-state index contributed by atoms with van der Waals surface area (Å²) in [6.07, 6.45) is 0. The minimum absolute atomic E-state index is 0.0521. The Labute approximate surface area is 135 Å². The molecule has 0 saturated heterocycles. The number of amides is 1. The Bertz CT molecular complexity index is 788. The van der Waals surface area contributed by atoms with Crippen molar-refractivity contribution in [2.24, 2.45) is 5.14 Å². The van der Waals surface area contributed by atoms with Gasteiger partial charge in [-0.1, -0.05) is 23.2 Å². The number of hydrogen-bond donors (Lipinski definition) is 2. The monoisotopic (exact) mass is 364 g/mol. The molecule has 0 atom stereocenters. The van der Waals surface area contributed by atoms with Crippen molar-refractivity contribution in [2.75, 3.05) is 0 Å². The van der Waals surface area contributed by atoms with E-state index in [1.54, 1.807) is 12.1 Å². The third-order valence-electron chi connectivity index (χ3n) is 2.52. The molecule has 0 spiro atoms. The third kappa shape index (κ3) is 4.18. The number of nitrogens with one attached hydrogen (secondary N) is 1. The maximum atomic E-state index is 12.0. The van der Waals surface area contributed by atoms with Gasteiger partial charge in [0.1, 0.15) is 4.21 Å². The van der Waals surface area contributed by atoms with Gasteiger partial charge in [-0.3, -0.25) is 4.79 Å². The fourth-order valence-electron chi connectivity index (χ4n) is 1.54. The number of carbonyl (C=O) groups is 1. The number of rotatable bonds is 4. The van der Waals surface area contributed by atoms with Gasteiger partial charge in [-0.05, 0) is 30.3 Å². The van der Waals surface area contributed by atoms with E-state index in [2.05, 4.69) is 5.32 Å². The molecule has 0 saturated carbocycles. The fourth-order valence-corrected chi connectivity index (χ4v) is 3.76. The molecule has 0 unspecified atom stereocenters. The van der Waals surface area contributed by atoms with E-state index < -0.39 is 10.0 Å². The first kappa shape index (κ1) is 16.3. The van der Waals surface area contributed by atoms with Gasteiger partial charge in [0, 0.05) is 9.90 Å². The summed E-state index contributed by atoms with van der Waals surface area (Å²) in [5.74, 6) is -0.373. The molecule has 0 aliphatic rings. The Morgan fingerprint density at radius 2 is 1.95 bits per heavy atom. The first-order chi connectivity index (χ1) is 9.77. The smallest absolute Gasteiger partial charge is 0.253 e. The molecular weight excluding hydrogens is 355 g/mol. The first-order valence-corrected chi connectivity index (χ1v) is 8.74. The van der Waals surface area contributed by atoms with Crippen LogP contribution >= 0.6 is 34.5 Å². The van der Waals surface area contributed by atoms with Crippen LogP contribution in [0.15, 0.2) is 34.5 Å². The molecule has 0 fully saturated rings. The minimum Gasteiger partial charge on any atom is -0.347 e.